The second-order valence-corrected chi connectivity index (χ2v) is 3.86. The van der Waals surface area contributed by atoms with Crippen LogP contribution in [0.3, 0.4) is 0 Å². The van der Waals surface area contributed by atoms with Gasteiger partial charge in [-0.1, -0.05) is 12.1 Å². The van der Waals surface area contributed by atoms with E-state index in [2.05, 4.69) is 15.0 Å². The summed E-state index contributed by atoms with van der Waals surface area (Å²) < 4.78 is 0. The van der Waals surface area contributed by atoms with Crippen molar-refractivity contribution in [3.8, 4) is 11.5 Å². The number of aromatic amines is 1. The minimum atomic E-state index is 0.529. The molecule has 0 spiro atoms. The van der Waals surface area contributed by atoms with E-state index in [1.807, 2.05) is 36.4 Å². The molecule has 0 aliphatic carbocycles. The maximum atomic E-state index is 5.61. The molecule has 4 heteroatoms. The zero-order chi connectivity index (χ0) is 11.7. The Morgan fingerprint density at radius 1 is 1.18 bits per heavy atom. The van der Waals surface area contributed by atoms with Gasteiger partial charge in [0.05, 0.1) is 11.0 Å². The van der Waals surface area contributed by atoms with Crippen molar-refractivity contribution in [3.05, 3.63) is 48.2 Å². The molecule has 0 atom stereocenters. The van der Waals surface area contributed by atoms with Crippen molar-refractivity contribution < 1.29 is 0 Å². The quantitative estimate of drug-likeness (QED) is 0.700. The van der Waals surface area contributed by atoms with Crippen molar-refractivity contribution >= 4 is 11.0 Å². The summed E-state index contributed by atoms with van der Waals surface area (Å²) in [6.07, 6.45) is 1.76. The molecule has 0 saturated carbocycles. The van der Waals surface area contributed by atoms with Crippen LogP contribution in [-0.4, -0.2) is 15.0 Å². The number of nitrogens with zero attached hydrogens (tertiary/aromatic N) is 2. The Morgan fingerprint density at radius 2 is 2.12 bits per heavy atom. The number of fused-ring (bicyclic) bond motifs is 1. The SMILES string of the molecule is NCc1ccc2[nH]c(-c3ccccn3)nc2c1. The molecule has 3 aromatic rings. The van der Waals surface area contributed by atoms with Crippen LogP contribution in [0.25, 0.3) is 22.6 Å². The van der Waals surface area contributed by atoms with Gasteiger partial charge in [0.2, 0.25) is 0 Å². The molecule has 2 aromatic heterocycles. The number of H-pyrrole nitrogens is 1. The van der Waals surface area contributed by atoms with Crippen LogP contribution in [0.5, 0.6) is 0 Å². The third kappa shape index (κ3) is 1.79. The molecule has 3 rings (SSSR count). The van der Waals surface area contributed by atoms with E-state index in [1.165, 1.54) is 0 Å². The Kier molecular flexibility index (Phi) is 2.34. The minimum Gasteiger partial charge on any atom is -0.337 e. The van der Waals surface area contributed by atoms with Crippen LogP contribution in [0.4, 0.5) is 0 Å². The van der Waals surface area contributed by atoms with E-state index < -0.39 is 0 Å². The molecule has 0 amide bonds. The number of nitrogens with two attached hydrogens (primary N) is 1. The highest BCUT2D eigenvalue weighted by Crippen LogP contribution is 2.19. The first-order valence-corrected chi connectivity index (χ1v) is 5.47. The Hall–Kier alpha value is -2.20. The molecular formula is C13H12N4. The lowest BCUT2D eigenvalue weighted by Gasteiger charge is -1.93. The standard InChI is InChI=1S/C13H12N4/c14-8-9-4-5-10-12(7-9)17-13(16-10)11-3-1-2-6-15-11/h1-7H,8,14H2,(H,16,17). The van der Waals surface area contributed by atoms with Gasteiger partial charge in [-0.05, 0) is 29.8 Å². The highest BCUT2D eigenvalue weighted by Gasteiger charge is 2.05. The summed E-state index contributed by atoms with van der Waals surface area (Å²) in [5.41, 5.74) is 9.46. The van der Waals surface area contributed by atoms with Crippen molar-refractivity contribution in [2.24, 2.45) is 5.73 Å². The van der Waals surface area contributed by atoms with Gasteiger partial charge in [-0.15, -0.1) is 0 Å². The van der Waals surface area contributed by atoms with Gasteiger partial charge in [-0.3, -0.25) is 4.98 Å². The molecule has 0 radical (unpaired) electrons. The zero-order valence-corrected chi connectivity index (χ0v) is 9.22. The number of nitrogens with one attached hydrogen (secondary N) is 1. The molecule has 2 heterocycles. The Balaban J connectivity index is 2.14. The fraction of sp³-hybridized carbons (Fsp3) is 0.0769. The third-order valence-corrected chi connectivity index (χ3v) is 2.69. The highest BCUT2D eigenvalue weighted by atomic mass is 14.9. The molecule has 0 aliphatic heterocycles. The second-order valence-electron chi connectivity index (χ2n) is 3.86. The third-order valence-electron chi connectivity index (χ3n) is 2.69. The molecule has 0 bridgehead atoms. The van der Waals surface area contributed by atoms with E-state index in [0.717, 1.165) is 28.1 Å². The fourth-order valence-electron chi connectivity index (χ4n) is 1.80. The molecule has 84 valence electrons. The number of rotatable bonds is 2. The number of aromatic nitrogens is 3. The molecule has 0 fully saturated rings. The summed E-state index contributed by atoms with van der Waals surface area (Å²) in [7, 11) is 0. The van der Waals surface area contributed by atoms with E-state index in [-0.39, 0.29) is 0 Å². The smallest absolute Gasteiger partial charge is 0.157 e. The number of hydrogen-bond acceptors (Lipinski definition) is 3. The van der Waals surface area contributed by atoms with E-state index in [1.54, 1.807) is 6.20 Å². The Labute approximate surface area is 98.5 Å². The van der Waals surface area contributed by atoms with Gasteiger partial charge in [0.1, 0.15) is 5.69 Å². The molecule has 3 N–H and O–H groups in total. The molecular weight excluding hydrogens is 212 g/mol. The lowest BCUT2D eigenvalue weighted by Crippen LogP contribution is -1.95. The van der Waals surface area contributed by atoms with Crippen molar-refractivity contribution in [3.63, 3.8) is 0 Å². The zero-order valence-electron chi connectivity index (χ0n) is 9.22. The van der Waals surface area contributed by atoms with Crippen LogP contribution < -0.4 is 5.73 Å². The predicted molar refractivity (Wildman–Crippen MR) is 67.2 cm³/mol. The second kappa shape index (κ2) is 3.99. The molecule has 0 aliphatic rings. The molecule has 17 heavy (non-hydrogen) atoms. The van der Waals surface area contributed by atoms with Gasteiger partial charge >= 0.3 is 0 Å². The average molecular weight is 224 g/mol. The largest absolute Gasteiger partial charge is 0.337 e. The number of hydrogen-bond donors (Lipinski definition) is 2. The number of benzene rings is 1. The minimum absolute atomic E-state index is 0.529. The van der Waals surface area contributed by atoms with E-state index in [4.69, 9.17) is 5.73 Å². The monoisotopic (exact) mass is 224 g/mol. The lowest BCUT2D eigenvalue weighted by atomic mass is 10.2. The summed E-state index contributed by atoms with van der Waals surface area (Å²) >= 11 is 0. The fourth-order valence-corrected chi connectivity index (χ4v) is 1.80. The van der Waals surface area contributed by atoms with Gasteiger partial charge in [-0.25, -0.2) is 4.98 Å². The summed E-state index contributed by atoms with van der Waals surface area (Å²) in [5.74, 6) is 0.787. The summed E-state index contributed by atoms with van der Waals surface area (Å²) in [6.45, 7) is 0.529. The topological polar surface area (TPSA) is 67.6 Å². The first-order chi connectivity index (χ1) is 8.36. The molecule has 0 unspecified atom stereocenters. The maximum absolute atomic E-state index is 5.61. The van der Waals surface area contributed by atoms with Crippen LogP contribution in [0.15, 0.2) is 42.6 Å². The number of pyridine rings is 1. The summed E-state index contributed by atoms with van der Waals surface area (Å²) in [6, 6.07) is 11.8. The van der Waals surface area contributed by atoms with E-state index in [0.29, 0.717) is 6.54 Å². The van der Waals surface area contributed by atoms with Crippen LogP contribution in [0, 0.1) is 0 Å². The van der Waals surface area contributed by atoms with E-state index >= 15 is 0 Å². The molecule has 1 aromatic carbocycles. The van der Waals surface area contributed by atoms with Gasteiger partial charge in [0.15, 0.2) is 5.82 Å². The van der Waals surface area contributed by atoms with Gasteiger partial charge < -0.3 is 10.7 Å². The van der Waals surface area contributed by atoms with Gasteiger partial charge in [0.25, 0.3) is 0 Å². The lowest BCUT2D eigenvalue weighted by molar-refractivity contribution is 1.07. The molecule has 0 saturated heterocycles. The number of imidazole rings is 1. The van der Waals surface area contributed by atoms with Crippen LogP contribution in [0.1, 0.15) is 5.56 Å². The van der Waals surface area contributed by atoms with Crippen molar-refractivity contribution in [1.82, 2.24) is 15.0 Å². The predicted octanol–water partition coefficient (Wildman–Crippen LogP) is 2.08. The van der Waals surface area contributed by atoms with Crippen molar-refractivity contribution in [2.75, 3.05) is 0 Å². The molecule has 4 nitrogen and oxygen atoms in total. The Bertz CT molecular complexity index is 643. The van der Waals surface area contributed by atoms with Gasteiger partial charge in [0, 0.05) is 12.7 Å². The van der Waals surface area contributed by atoms with Gasteiger partial charge in [-0.2, -0.15) is 0 Å². The summed E-state index contributed by atoms with van der Waals surface area (Å²) in [5, 5.41) is 0. The summed E-state index contributed by atoms with van der Waals surface area (Å²) in [4.78, 5) is 12.0. The Morgan fingerprint density at radius 3 is 2.88 bits per heavy atom. The van der Waals surface area contributed by atoms with Crippen LogP contribution in [0.2, 0.25) is 0 Å². The average Bonchev–Trinajstić information content (AvgIpc) is 2.82. The first-order valence-electron chi connectivity index (χ1n) is 5.47. The highest BCUT2D eigenvalue weighted by molar-refractivity contribution is 5.79. The maximum Gasteiger partial charge on any atom is 0.157 e. The normalized spacial score (nSPS) is 10.9. The van der Waals surface area contributed by atoms with E-state index in [9.17, 15) is 0 Å². The first kappa shape index (κ1) is 9.99. The van der Waals surface area contributed by atoms with Crippen LogP contribution >= 0.6 is 0 Å². The van der Waals surface area contributed by atoms with Crippen molar-refractivity contribution in [2.45, 2.75) is 6.54 Å². The van der Waals surface area contributed by atoms with Crippen LogP contribution in [-0.2, 0) is 6.54 Å². The van der Waals surface area contributed by atoms with Crippen molar-refractivity contribution in [1.29, 1.82) is 0 Å².